The first-order valence-electron chi connectivity index (χ1n) is 11.3. The van der Waals surface area contributed by atoms with Gasteiger partial charge in [0.2, 0.25) is 5.91 Å². The lowest BCUT2D eigenvalue weighted by Gasteiger charge is -2.34. The van der Waals surface area contributed by atoms with Gasteiger partial charge in [0.05, 0.1) is 23.7 Å². The lowest BCUT2D eigenvalue weighted by atomic mass is 10.1. The second kappa shape index (κ2) is 11.5. The predicted molar refractivity (Wildman–Crippen MR) is 133 cm³/mol. The Morgan fingerprint density at radius 2 is 2.14 bits per heavy atom. The summed E-state index contributed by atoms with van der Waals surface area (Å²) >= 11 is 6.02. The fraction of sp³-hybridized carbons (Fsp3) is 0.333. The van der Waals surface area contributed by atoms with E-state index in [2.05, 4.69) is 36.0 Å². The standard InChI is InChI=1S/C24H27ClFN7O2/c1-15-21(12-22(32-31-15)19-10-16(25)2-3-20(19)26)29-17-4-6-28-23(11-17)30-24(35)5-8-33-9-7-27-13-18(33)14-34/h2-4,6,10-12,18,27,34H,5,7-9,13-14H2,1H3,(H2,28,29,30,32,35). The molecular formula is C24H27ClFN7O2. The molecule has 1 fully saturated rings. The minimum absolute atomic E-state index is 0.0182. The number of piperazine rings is 1. The van der Waals surface area contributed by atoms with E-state index < -0.39 is 5.82 Å². The molecule has 1 saturated heterocycles. The lowest BCUT2D eigenvalue weighted by Crippen LogP contribution is -2.53. The third-order valence-electron chi connectivity index (χ3n) is 5.80. The highest BCUT2D eigenvalue weighted by Gasteiger charge is 2.21. The molecule has 1 unspecified atom stereocenters. The number of nitrogens with one attached hydrogen (secondary N) is 3. The number of hydrogen-bond acceptors (Lipinski definition) is 8. The highest BCUT2D eigenvalue weighted by molar-refractivity contribution is 6.30. The molecule has 0 radical (unpaired) electrons. The average molecular weight is 500 g/mol. The Morgan fingerprint density at radius 1 is 1.29 bits per heavy atom. The van der Waals surface area contributed by atoms with Gasteiger partial charge in [-0.2, -0.15) is 10.2 Å². The molecule has 4 N–H and O–H groups in total. The molecule has 0 bridgehead atoms. The van der Waals surface area contributed by atoms with Crippen molar-refractivity contribution in [3.8, 4) is 11.3 Å². The third kappa shape index (κ3) is 6.49. The maximum Gasteiger partial charge on any atom is 0.226 e. The number of hydrogen-bond donors (Lipinski definition) is 4. The molecule has 184 valence electrons. The summed E-state index contributed by atoms with van der Waals surface area (Å²) in [6, 6.07) is 9.44. The summed E-state index contributed by atoms with van der Waals surface area (Å²) in [7, 11) is 0. The number of pyridine rings is 1. The van der Waals surface area contributed by atoms with E-state index >= 15 is 0 Å². The van der Waals surface area contributed by atoms with E-state index in [1.165, 1.54) is 18.2 Å². The van der Waals surface area contributed by atoms with Gasteiger partial charge in [0.25, 0.3) is 0 Å². The zero-order chi connectivity index (χ0) is 24.8. The average Bonchev–Trinajstić information content (AvgIpc) is 2.86. The van der Waals surface area contributed by atoms with Crippen molar-refractivity contribution in [1.82, 2.24) is 25.4 Å². The maximum atomic E-state index is 14.3. The molecule has 0 spiro atoms. The van der Waals surface area contributed by atoms with Crippen molar-refractivity contribution in [1.29, 1.82) is 0 Å². The molecule has 9 nitrogen and oxygen atoms in total. The molecule has 1 atom stereocenters. The number of anilines is 3. The van der Waals surface area contributed by atoms with Crippen LogP contribution in [0, 0.1) is 12.7 Å². The van der Waals surface area contributed by atoms with E-state index in [-0.39, 0.29) is 30.5 Å². The predicted octanol–water partition coefficient (Wildman–Crippen LogP) is 2.98. The summed E-state index contributed by atoms with van der Waals surface area (Å²) in [5.74, 6) is -0.205. The lowest BCUT2D eigenvalue weighted by molar-refractivity contribution is -0.116. The molecule has 2 aromatic heterocycles. The zero-order valence-corrected chi connectivity index (χ0v) is 20.0. The fourth-order valence-corrected chi connectivity index (χ4v) is 4.04. The Balaban J connectivity index is 1.42. The van der Waals surface area contributed by atoms with Crippen LogP contribution in [-0.2, 0) is 4.79 Å². The van der Waals surface area contributed by atoms with Crippen LogP contribution >= 0.6 is 11.6 Å². The number of benzene rings is 1. The van der Waals surface area contributed by atoms with Crippen molar-refractivity contribution >= 4 is 34.7 Å². The third-order valence-corrected chi connectivity index (χ3v) is 6.03. The topological polar surface area (TPSA) is 115 Å². The Kier molecular flexibility index (Phi) is 8.19. The van der Waals surface area contributed by atoms with E-state index in [1.807, 2.05) is 0 Å². The zero-order valence-electron chi connectivity index (χ0n) is 19.3. The summed E-state index contributed by atoms with van der Waals surface area (Å²) in [6.45, 7) is 4.73. The number of aryl methyl sites for hydroxylation is 1. The number of aliphatic hydroxyl groups excluding tert-OH is 1. The van der Waals surface area contributed by atoms with Crippen molar-refractivity contribution in [2.45, 2.75) is 19.4 Å². The van der Waals surface area contributed by atoms with Crippen LogP contribution < -0.4 is 16.0 Å². The summed E-state index contributed by atoms with van der Waals surface area (Å²) < 4.78 is 14.3. The monoisotopic (exact) mass is 499 g/mol. The number of nitrogens with zero attached hydrogens (tertiary/aromatic N) is 4. The molecule has 0 saturated carbocycles. The first-order valence-corrected chi connectivity index (χ1v) is 11.7. The number of carbonyl (C=O) groups excluding carboxylic acids is 1. The normalized spacial score (nSPS) is 16.2. The van der Waals surface area contributed by atoms with Crippen LogP contribution in [-0.4, -0.2) is 69.9 Å². The highest BCUT2D eigenvalue weighted by Crippen LogP contribution is 2.28. The van der Waals surface area contributed by atoms with Gasteiger partial charge in [-0.05, 0) is 37.3 Å². The van der Waals surface area contributed by atoms with E-state index in [0.29, 0.717) is 46.7 Å². The minimum Gasteiger partial charge on any atom is -0.395 e. The number of rotatable bonds is 8. The molecule has 1 amide bonds. The first-order chi connectivity index (χ1) is 16.9. The fourth-order valence-electron chi connectivity index (χ4n) is 3.86. The van der Waals surface area contributed by atoms with Crippen molar-refractivity contribution in [3.05, 3.63) is 59.1 Å². The van der Waals surface area contributed by atoms with Crippen LogP contribution in [0.3, 0.4) is 0 Å². The van der Waals surface area contributed by atoms with Gasteiger partial charge in [-0.25, -0.2) is 9.37 Å². The van der Waals surface area contributed by atoms with Gasteiger partial charge in [-0.1, -0.05) is 11.6 Å². The maximum absolute atomic E-state index is 14.3. The van der Waals surface area contributed by atoms with Gasteiger partial charge in [0, 0.05) is 67.2 Å². The van der Waals surface area contributed by atoms with E-state index in [1.54, 1.807) is 31.3 Å². The molecule has 1 aliphatic heterocycles. The van der Waals surface area contributed by atoms with Crippen LogP contribution in [0.5, 0.6) is 0 Å². The number of carbonyl (C=O) groups is 1. The van der Waals surface area contributed by atoms with Crippen LogP contribution in [0.4, 0.5) is 21.6 Å². The molecule has 35 heavy (non-hydrogen) atoms. The van der Waals surface area contributed by atoms with Gasteiger partial charge in [-0.3, -0.25) is 9.69 Å². The molecule has 1 aliphatic rings. The highest BCUT2D eigenvalue weighted by atomic mass is 35.5. The smallest absolute Gasteiger partial charge is 0.226 e. The Morgan fingerprint density at radius 3 is 2.97 bits per heavy atom. The van der Waals surface area contributed by atoms with Crippen LogP contribution in [0.25, 0.3) is 11.3 Å². The Hall–Kier alpha value is -3.18. The molecule has 11 heteroatoms. The summed E-state index contributed by atoms with van der Waals surface area (Å²) in [6.07, 6.45) is 1.87. The molecule has 3 heterocycles. The van der Waals surface area contributed by atoms with Gasteiger partial charge in [0.1, 0.15) is 11.6 Å². The number of amides is 1. The van der Waals surface area contributed by atoms with Crippen molar-refractivity contribution in [3.63, 3.8) is 0 Å². The van der Waals surface area contributed by atoms with Gasteiger partial charge >= 0.3 is 0 Å². The SMILES string of the molecule is Cc1nnc(-c2cc(Cl)ccc2F)cc1Nc1ccnc(NC(=O)CCN2CCNCC2CO)c1. The molecule has 4 rings (SSSR count). The molecule has 3 aromatic rings. The summed E-state index contributed by atoms with van der Waals surface area (Å²) in [5.41, 5.74) is 2.52. The largest absolute Gasteiger partial charge is 0.395 e. The summed E-state index contributed by atoms with van der Waals surface area (Å²) in [4.78, 5) is 18.8. The number of aliphatic hydroxyl groups is 1. The van der Waals surface area contributed by atoms with Gasteiger partial charge in [0.15, 0.2) is 0 Å². The second-order valence-corrected chi connectivity index (χ2v) is 8.72. The van der Waals surface area contributed by atoms with Gasteiger partial charge < -0.3 is 21.1 Å². The van der Waals surface area contributed by atoms with Crippen molar-refractivity contribution in [2.24, 2.45) is 0 Å². The quantitative estimate of drug-likeness (QED) is 0.374. The first kappa shape index (κ1) is 24.9. The second-order valence-electron chi connectivity index (χ2n) is 8.28. The number of halogens is 2. The summed E-state index contributed by atoms with van der Waals surface area (Å²) in [5, 5.41) is 27.4. The van der Waals surface area contributed by atoms with Gasteiger partial charge in [-0.15, -0.1) is 0 Å². The van der Waals surface area contributed by atoms with E-state index in [4.69, 9.17) is 11.6 Å². The van der Waals surface area contributed by atoms with Crippen molar-refractivity contribution < 1.29 is 14.3 Å². The van der Waals surface area contributed by atoms with Crippen LogP contribution in [0.15, 0.2) is 42.6 Å². The molecule has 1 aromatic carbocycles. The van der Waals surface area contributed by atoms with Crippen LogP contribution in [0.1, 0.15) is 12.1 Å². The molecular weight excluding hydrogens is 473 g/mol. The number of aromatic nitrogens is 3. The van der Waals surface area contributed by atoms with Crippen LogP contribution in [0.2, 0.25) is 5.02 Å². The Bertz CT molecular complexity index is 1200. The van der Waals surface area contributed by atoms with E-state index in [9.17, 15) is 14.3 Å². The molecule has 0 aliphatic carbocycles. The van der Waals surface area contributed by atoms with Crippen molar-refractivity contribution in [2.75, 3.05) is 43.4 Å². The Labute approximate surface area is 207 Å². The minimum atomic E-state index is -0.446. The van der Waals surface area contributed by atoms with E-state index in [0.717, 1.165) is 13.1 Å².